The maximum Gasteiger partial charge on any atom is 0.343 e. The fourth-order valence-corrected chi connectivity index (χ4v) is 3.23. The van der Waals surface area contributed by atoms with Gasteiger partial charge in [-0.2, -0.15) is 0 Å². The van der Waals surface area contributed by atoms with E-state index in [4.69, 9.17) is 33.2 Å². The third kappa shape index (κ3) is 16.3. The zero-order valence-corrected chi connectivity index (χ0v) is 25.9. The summed E-state index contributed by atoms with van der Waals surface area (Å²) in [5, 5.41) is 0. The molecule has 0 unspecified atom stereocenters. The molecule has 10 heteroatoms. The van der Waals surface area contributed by atoms with Gasteiger partial charge in [0.05, 0.1) is 32.5 Å². The predicted molar refractivity (Wildman–Crippen MR) is 170 cm³/mol. The number of aryl methyl sites for hydroxylation is 1. The molecule has 0 aromatic heterocycles. The average molecular weight is 621 g/mol. The Hall–Kier alpha value is -5.22. The van der Waals surface area contributed by atoms with E-state index >= 15 is 0 Å². The number of ether oxygens (including phenoxy) is 6. The van der Waals surface area contributed by atoms with Gasteiger partial charge in [-0.05, 0) is 85.3 Å². The third-order valence-corrected chi connectivity index (χ3v) is 5.52. The van der Waals surface area contributed by atoms with E-state index in [-0.39, 0.29) is 0 Å². The van der Waals surface area contributed by atoms with Gasteiger partial charge < -0.3 is 28.4 Å². The molecule has 0 N–H and O–H groups in total. The molecule has 0 spiro atoms. The van der Waals surface area contributed by atoms with E-state index in [1.807, 2.05) is 13.0 Å². The lowest BCUT2D eigenvalue weighted by Gasteiger charge is -2.10. The van der Waals surface area contributed by atoms with E-state index < -0.39 is 11.9 Å². The van der Waals surface area contributed by atoms with Crippen molar-refractivity contribution in [3.63, 3.8) is 0 Å². The van der Waals surface area contributed by atoms with Crippen molar-refractivity contribution >= 4 is 24.5 Å². The first kappa shape index (κ1) is 37.8. The topological polar surface area (TPSA) is 124 Å². The maximum absolute atomic E-state index is 12.2. The highest BCUT2D eigenvalue weighted by Gasteiger charge is 2.11. The van der Waals surface area contributed by atoms with Crippen LogP contribution in [0, 0.1) is 6.92 Å². The van der Waals surface area contributed by atoms with Gasteiger partial charge in [-0.3, -0.25) is 9.59 Å². The molecule has 240 valence electrons. The zero-order valence-electron chi connectivity index (χ0n) is 25.9. The van der Waals surface area contributed by atoms with Gasteiger partial charge in [-0.1, -0.05) is 13.2 Å². The first-order valence-corrected chi connectivity index (χ1v) is 13.9. The summed E-state index contributed by atoms with van der Waals surface area (Å²) in [7, 11) is 3.25. The van der Waals surface area contributed by atoms with Crippen molar-refractivity contribution < 1.29 is 47.6 Å². The number of hydrogen-bond donors (Lipinski definition) is 0. The van der Waals surface area contributed by atoms with Crippen molar-refractivity contribution in [2.75, 3.05) is 40.6 Å². The summed E-state index contributed by atoms with van der Waals surface area (Å²) in [5.74, 6) is 1.80. The van der Waals surface area contributed by atoms with Gasteiger partial charge in [0.25, 0.3) is 0 Å². The minimum absolute atomic E-state index is 0.303. The van der Waals surface area contributed by atoms with Crippen molar-refractivity contribution in [3.05, 3.63) is 109 Å². The van der Waals surface area contributed by atoms with Crippen LogP contribution in [0.4, 0.5) is 0 Å². The number of carbonyl (C=O) groups excluding carboxylic acids is 4. The highest BCUT2D eigenvalue weighted by Crippen LogP contribution is 2.24. The van der Waals surface area contributed by atoms with Gasteiger partial charge in [-0.25, -0.2) is 9.59 Å². The first-order chi connectivity index (χ1) is 21.8. The minimum Gasteiger partial charge on any atom is -0.497 e. The van der Waals surface area contributed by atoms with Crippen LogP contribution >= 0.6 is 0 Å². The normalized spacial score (nSPS) is 9.49. The largest absolute Gasteiger partial charge is 0.497 e. The molecule has 0 aliphatic heterocycles. The Morgan fingerprint density at radius 1 is 0.756 bits per heavy atom. The third-order valence-electron chi connectivity index (χ3n) is 5.52. The Labute approximate surface area is 264 Å². The molecule has 0 amide bonds. The lowest BCUT2D eigenvalue weighted by Crippen LogP contribution is -2.09. The first-order valence-electron chi connectivity index (χ1n) is 13.9. The van der Waals surface area contributed by atoms with Crippen LogP contribution in [-0.4, -0.2) is 65.2 Å². The maximum atomic E-state index is 12.2. The predicted octanol–water partition coefficient (Wildman–Crippen LogP) is 6.01. The van der Waals surface area contributed by atoms with Crippen LogP contribution in [0.2, 0.25) is 0 Å². The summed E-state index contributed by atoms with van der Waals surface area (Å²) in [5.41, 5.74) is 1.91. The van der Waals surface area contributed by atoms with Crippen molar-refractivity contribution in [2.24, 2.45) is 0 Å². The van der Waals surface area contributed by atoms with Gasteiger partial charge in [0.15, 0.2) is 0 Å². The van der Waals surface area contributed by atoms with Gasteiger partial charge in [0.2, 0.25) is 0 Å². The number of aldehydes is 2. The molecule has 0 bridgehead atoms. The monoisotopic (exact) mass is 620 g/mol. The molecule has 0 saturated heterocycles. The van der Waals surface area contributed by atoms with E-state index in [0.717, 1.165) is 30.1 Å². The average Bonchev–Trinajstić information content (AvgIpc) is 3.08. The molecule has 0 atom stereocenters. The smallest absolute Gasteiger partial charge is 0.343 e. The van der Waals surface area contributed by atoms with Crippen molar-refractivity contribution in [2.45, 2.75) is 19.8 Å². The highest BCUT2D eigenvalue weighted by atomic mass is 16.5. The van der Waals surface area contributed by atoms with Crippen LogP contribution in [0.1, 0.15) is 39.1 Å². The minimum atomic E-state index is -0.430. The van der Waals surface area contributed by atoms with E-state index in [2.05, 4.69) is 13.2 Å². The summed E-state index contributed by atoms with van der Waals surface area (Å²) in [6.07, 6.45) is 5.16. The fraction of sp³-hybridized carbons (Fsp3) is 0.257. The van der Waals surface area contributed by atoms with Crippen LogP contribution < -0.4 is 18.9 Å². The zero-order chi connectivity index (χ0) is 33.3. The van der Waals surface area contributed by atoms with Gasteiger partial charge in [0.1, 0.15) is 35.6 Å². The van der Waals surface area contributed by atoms with Gasteiger partial charge in [0, 0.05) is 38.2 Å². The fourth-order valence-electron chi connectivity index (χ4n) is 3.23. The van der Waals surface area contributed by atoms with E-state index in [9.17, 15) is 14.4 Å². The Kier molecular flexibility index (Phi) is 19.5. The standard InChI is InChI=1S/C19H22O5.C13H14O4.C3H4O/c1-14-13-17(22-3)9-10-18(14)24-19(20)15-5-7-16(8-6-15)23-12-4-11-21-2;1-2-13(15)17-9-3-8-16-12-6-4-11(10-14)5-7-12;1-2-3-4/h5-10,13H,4,11-12H2,1-3H3;2,4-7,10H,1,3,8-9H2;2-3H,1H2. The van der Waals surface area contributed by atoms with Crippen LogP contribution in [-0.2, 0) is 19.1 Å². The number of esters is 2. The second-order valence-electron chi connectivity index (χ2n) is 8.87. The Morgan fingerprint density at radius 2 is 1.31 bits per heavy atom. The number of rotatable bonds is 16. The lowest BCUT2D eigenvalue weighted by molar-refractivity contribution is -0.137. The van der Waals surface area contributed by atoms with Crippen molar-refractivity contribution in [1.82, 2.24) is 0 Å². The quantitative estimate of drug-likeness (QED) is 0.0619. The summed E-state index contributed by atoms with van der Waals surface area (Å²) in [6.45, 7) is 10.2. The number of allylic oxidation sites excluding steroid dienone is 1. The number of methoxy groups -OCH3 is 2. The molecule has 0 aliphatic rings. The Balaban J connectivity index is 0.000000421. The number of benzene rings is 3. The van der Waals surface area contributed by atoms with Gasteiger partial charge >= 0.3 is 11.9 Å². The van der Waals surface area contributed by atoms with Gasteiger partial charge in [-0.15, -0.1) is 0 Å². The molecule has 0 saturated carbocycles. The Morgan fingerprint density at radius 3 is 1.80 bits per heavy atom. The van der Waals surface area contributed by atoms with Crippen LogP contribution in [0.3, 0.4) is 0 Å². The summed E-state index contributed by atoms with van der Waals surface area (Å²) in [6, 6.07) is 19.0. The van der Waals surface area contributed by atoms with Crippen LogP contribution in [0.15, 0.2) is 92.0 Å². The van der Waals surface area contributed by atoms with Crippen LogP contribution in [0.5, 0.6) is 23.0 Å². The SMILES string of the molecule is C=CC(=O)OCCCOc1ccc(C=O)cc1.C=CC=O.COCCCOc1ccc(C(=O)Oc2ccc(OC)cc2C)cc1. The number of hydrogen-bond acceptors (Lipinski definition) is 10. The molecule has 10 nitrogen and oxygen atoms in total. The van der Waals surface area contributed by atoms with Crippen LogP contribution in [0.25, 0.3) is 0 Å². The van der Waals surface area contributed by atoms with Crippen molar-refractivity contribution in [1.29, 1.82) is 0 Å². The molecule has 0 aliphatic carbocycles. The second kappa shape index (κ2) is 23.3. The Bertz CT molecular complexity index is 1330. The molecule has 0 heterocycles. The molecule has 45 heavy (non-hydrogen) atoms. The molecule has 3 aromatic carbocycles. The molecule has 0 radical (unpaired) electrons. The molecule has 3 rings (SSSR count). The second-order valence-corrected chi connectivity index (χ2v) is 8.87. The molecule has 3 aromatic rings. The summed E-state index contributed by atoms with van der Waals surface area (Å²) < 4.78 is 31.3. The van der Waals surface area contributed by atoms with E-state index in [1.54, 1.807) is 74.9 Å². The molecule has 0 fully saturated rings. The van der Waals surface area contributed by atoms with E-state index in [0.29, 0.717) is 67.5 Å². The van der Waals surface area contributed by atoms with Crippen molar-refractivity contribution in [3.8, 4) is 23.0 Å². The molecular weight excluding hydrogens is 580 g/mol. The highest BCUT2D eigenvalue weighted by molar-refractivity contribution is 5.91. The lowest BCUT2D eigenvalue weighted by atomic mass is 10.2. The summed E-state index contributed by atoms with van der Waals surface area (Å²) >= 11 is 0. The van der Waals surface area contributed by atoms with E-state index in [1.165, 1.54) is 6.08 Å². The summed E-state index contributed by atoms with van der Waals surface area (Å²) in [4.78, 5) is 42.4. The molecular formula is C35H40O10. The number of carbonyl (C=O) groups is 4.